The van der Waals surface area contributed by atoms with Gasteiger partial charge in [0.15, 0.2) is 0 Å². The summed E-state index contributed by atoms with van der Waals surface area (Å²) in [6, 6.07) is 11.7. The lowest BCUT2D eigenvalue weighted by Crippen LogP contribution is -2.27. The van der Waals surface area contributed by atoms with Crippen molar-refractivity contribution in [2.75, 3.05) is 4.90 Å². The van der Waals surface area contributed by atoms with Gasteiger partial charge in [0.1, 0.15) is 11.5 Å². The van der Waals surface area contributed by atoms with Crippen molar-refractivity contribution in [2.45, 2.75) is 0 Å². The maximum Gasteiger partial charge on any atom is 0.298 e. The minimum atomic E-state index is -0.548. The van der Waals surface area contributed by atoms with Gasteiger partial charge in [-0.1, -0.05) is 34.8 Å². The molecule has 11 heteroatoms. The van der Waals surface area contributed by atoms with E-state index in [1.807, 2.05) is 0 Å². The Morgan fingerprint density at radius 3 is 2.42 bits per heavy atom. The van der Waals surface area contributed by atoms with Gasteiger partial charge < -0.3 is 4.42 Å². The first-order valence-corrected chi connectivity index (χ1v) is 10.5. The van der Waals surface area contributed by atoms with E-state index in [-0.39, 0.29) is 20.6 Å². The molecule has 0 atom stereocenters. The molecule has 2 aromatic carbocycles. The number of rotatable bonds is 4. The first kappa shape index (κ1) is 21.5. The first-order chi connectivity index (χ1) is 14.7. The number of hydrogen-bond acceptors (Lipinski definition) is 6. The van der Waals surface area contributed by atoms with E-state index in [9.17, 15) is 19.7 Å². The number of non-ortho nitro benzene ring substituents is 1. The fourth-order valence-electron chi connectivity index (χ4n) is 2.84. The Morgan fingerprint density at radius 1 is 0.968 bits per heavy atom. The van der Waals surface area contributed by atoms with E-state index in [2.05, 4.69) is 0 Å². The molecule has 1 fully saturated rings. The number of nitrogens with zero attached hydrogens (tertiary/aromatic N) is 2. The van der Waals surface area contributed by atoms with Crippen LogP contribution in [-0.4, -0.2) is 16.1 Å². The van der Waals surface area contributed by atoms with Crippen molar-refractivity contribution in [2.24, 2.45) is 0 Å². The number of thioether (sulfide) groups is 1. The Balaban J connectivity index is 1.61. The van der Waals surface area contributed by atoms with Crippen LogP contribution in [-0.2, 0) is 4.79 Å². The molecule has 0 radical (unpaired) electrons. The smallest absolute Gasteiger partial charge is 0.298 e. The van der Waals surface area contributed by atoms with Gasteiger partial charge in [-0.25, -0.2) is 4.90 Å². The van der Waals surface area contributed by atoms with Crippen molar-refractivity contribution in [3.8, 4) is 11.3 Å². The SMILES string of the molecule is O=C1S/C(=C/c2ccc(-c3ccc([N+](=O)[O-])cc3Cl)o2)C(=O)N1c1ccc(Cl)c(Cl)c1. The topological polar surface area (TPSA) is 93.7 Å². The minimum absolute atomic E-state index is 0.142. The molecule has 7 nitrogen and oxygen atoms in total. The zero-order valence-corrected chi connectivity index (χ0v) is 18.3. The van der Waals surface area contributed by atoms with Gasteiger partial charge >= 0.3 is 0 Å². The van der Waals surface area contributed by atoms with Gasteiger partial charge in [-0.15, -0.1) is 0 Å². The van der Waals surface area contributed by atoms with Crippen molar-refractivity contribution in [3.63, 3.8) is 0 Å². The van der Waals surface area contributed by atoms with Crippen molar-refractivity contribution in [3.05, 3.63) is 84.4 Å². The Labute approximate surface area is 194 Å². The Hall–Kier alpha value is -2.78. The summed E-state index contributed by atoms with van der Waals surface area (Å²) in [5.74, 6) is 0.138. The van der Waals surface area contributed by atoms with Crippen LogP contribution in [0.15, 0.2) is 57.9 Å². The average molecular weight is 496 g/mol. The molecular weight excluding hydrogens is 487 g/mol. The zero-order chi connectivity index (χ0) is 22.3. The summed E-state index contributed by atoms with van der Waals surface area (Å²) in [6.07, 6.45) is 1.44. The van der Waals surface area contributed by atoms with E-state index in [1.54, 1.807) is 12.1 Å². The highest BCUT2D eigenvalue weighted by atomic mass is 35.5. The molecule has 1 saturated heterocycles. The van der Waals surface area contributed by atoms with Crippen LogP contribution in [0.3, 0.4) is 0 Å². The summed E-state index contributed by atoms with van der Waals surface area (Å²) in [4.78, 5) is 36.6. The predicted octanol–water partition coefficient (Wildman–Crippen LogP) is 7.06. The van der Waals surface area contributed by atoms with Crippen LogP contribution in [0.25, 0.3) is 17.4 Å². The Bertz CT molecular complexity index is 1290. The van der Waals surface area contributed by atoms with Gasteiger partial charge in [-0.05, 0) is 48.2 Å². The summed E-state index contributed by atoms with van der Waals surface area (Å²) in [5, 5.41) is 11.0. The van der Waals surface area contributed by atoms with Crippen molar-refractivity contribution in [1.82, 2.24) is 0 Å². The average Bonchev–Trinajstić information content (AvgIpc) is 3.28. The predicted molar refractivity (Wildman–Crippen MR) is 121 cm³/mol. The number of furan rings is 1. The number of anilines is 1. The van der Waals surface area contributed by atoms with E-state index in [0.717, 1.165) is 16.7 Å². The van der Waals surface area contributed by atoms with Crippen LogP contribution in [0.2, 0.25) is 15.1 Å². The fraction of sp³-hybridized carbons (Fsp3) is 0. The second-order valence-electron chi connectivity index (χ2n) is 6.24. The van der Waals surface area contributed by atoms with Crippen molar-refractivity contribution >= 4 is 75.2 Å². The molecular formula is C20H9Cl3N2O5S. The normalized spacial score (nSPS) is 15.2. The molecule has 156 valence electrons. The quantitative estimate of drug-likeness (QED) is 0.218. The van der Waals surface area contributed by atoms with Gasteiger partial charge in [0.25, 0.3) is 16.8 Å². The minimum Gasteiger partial charge on any atom is -0.457 e. The summed E-state index contributed by atoms with van der Waals surface area (Å²) in [5.41, 5.74) is 0.616. The van der Waals surface area contributed by atoms with Gasteiger partial charge in [-0.3, -0.25) is 19.7 Å². The van der Waals surface area contributed by atoms with Crippen LogP contribution >= 0.6 is 46.6 Å². The largest absolute Gasteiger partial charge is 0.457 e. The third kappa shape index (κ3) is 4.20. The second-order valence-corrected chi connectivity index (χ2v) is 8.45. The number of amides is 2. The molecule has 0 aliphatic carbocycles. The summed E-state index contributed by atoms with van der Waals surface area (Å²) >= 11 is 18.8. The summed E-state index contributed by atoms with van der Waals surface area (Å²) in [7, 11) is 0. The zero-order valence-electron chi connectivity index (χ0n) is 15.2. The molecule has 0 spiro atoms. The van der Waals surface area contributed by atoms with E-state index in [0.29, 0.717) is 27.8 Å². The molecule has 1 aromatic heterocycles. The summed E-state index contributed by atoms with van der Waals surface area (Å²) < 4.78 is 5.71. The van der Waals surface area contributed by atoms with Crippen LogP contribution in [0, 0.1) is 10.1 Å². The maximum absolute atomic E-state index is 12.8. The molecule has 0 bridgehead atoms. The van der Waals surface area contributed by atoms with Crippen LogP contribution in [0.1, 0.15) is 5.76 Å². The van der Waals surface area contributed by atoms with E-state index >= 15 is 0 Å². The summed E-state index contributed by atoms with van der Waals surface area (Å²) in [6.45, 7) is 0. The van der Waals surface area contributed by atoms with Gasteiger partial charge in [-0.2, -0.15) is 0 Å². The lowest BCUT2D eigenvalue weighted by molar-refractivity contribution is -0.384. The number of nitro groups is 1. The number of hydrogen-bond donors (Lipinski definition) is 0. The van der Waals surface area contributed by atoms with Crippen LogP contribution in [0.4, 0.5) is 16.2 Å². The van der Waals surface area contributed by atoms with Gasteiger partial charge in [0, 0.05) is 23.8 Å². The van der Waals surface area contributed by atoms with E-state index in [1.165, 1.54) is 42.5 Å². The number of benzene rings is 2. The number of carbonyl (C=O) groups excluding carboxylic acids is 2. The van der Waals surface area contributed by atoms with Crippen LogP contribution in [0.5, 0.6) is 0 Å². The number of halogens is 3. The standard InChI is InChI=1S/C20H9Cl3N2O5S/c21-14-5-2-10(7-16(14)23)24-19(26)18(31-20(24)27)9-12-3-6-17(30-12)13-4-1-11(25(28)29)8-15(13)22/h1-9H/b18-9+. The highest BCUT2D eigenvalue weighted by Crippen LogP contribution is 2.38. The molecule has 3 aromatic rings. The van der Waals surface area contributed by atoms with E-state index < -0.39 is 16.1 Å². The Morgan fingerprint density at radius 2 is 1.74 bits per heavy atom. The number of imide groups is 1. The molecule has 31 heavy (non-hydrogen) atoms. The lowest BCUT2D eigenvalue weighted by atomic mass is 10.1. The fourth-order valence-corrected chi connectivity index (χ4v) is 4.22. The first-order valence-electron chi connectivity index (χ1n) is 8.52. The van der Waals surface area contributed by atoms with Gasteiger partial charge in [0.05, 0.1) is 30.6 Å². The number of nitro benzene ring substituents is 1. The monoisotopic (exact) mass is 494 g/mol. The second kappa shape index (κ2) is 8.39. The molecule has 2 amide bonds. The van der Waals surface area contributed by atoms with Gasteiger partial charge in [0.2, 0.25) is 0 Å². The highest BCUT2D eigenvalue weighted by molar-refractivity contribution is 8.19. The molecule has 0 N–H and O–H groups in total. The highest BCUT2D eigenvalue weighted by Gasteiger charge is 2.36. The number of carbonyl (C=O) groups is 2. The molecule has 4 rings (SSSR count). The molecule has 0 unspecified atom stereocenters. The van der Waals surface area contributed by atoms with Crippen LogP contribution < -0.4 is 4.90 Å². The van der Waals surface area contributed by atoms with Crippen molar-refractivity contribution < 1.29 is 18.9 Å². The third-order valence-corrected chi connectivity index (χ3v) is 6.21. The van der Waals surface area contributed by atoms with Crippen molar-refractivity contribution in [1.29, 1.82) is 0 Å². The molecule has 1 aliphatic heterocycles. The maximum atomic E-state index is 12.8. The molecule has 0 saturated carbocycles. The lowest BCUT2D eigenvalue weighted by Gasteiger charge is -2.12. The molecule has 2 heterocycles. The third-order valence-electron chi connectivity index (χ3n) is 4.28. The Kier molecular flexibility index (Phi) is 5.81. The van der Waals surface area contributed by atoms with E-state index in [4.69, 9.17) is 39.2 Å². The molecule has 1 aliphatic rings.